The molecular formula is C18H29O2Si. The first-order valence-corrected chi connectivity index (χ1v) is 10.1. The number of hydrogen-bond donors (Lipinski definition) is 0. The number of methoxy groups -OCH3 is 1. The van der Waals surface area contributed by atoms with Crippen LogP contribution in [0.15, 0.2) is 30.9 Å². The Morgan fingerprint density at radius 2 is 1.95 bits per heavy atom. The maximum absolute atomic E-state index is 6.32. The monoisotopic (exact) mass is 305 g/mol. The standard InChI is InChI=1S/C18H29O2Si/c1-8-10-14-11-12-15(16(13-14)19-5)20-17(9-2)18(3,4)21(6)7/h8,11-13,17H,1,9-10H2,2-7H3. The van der Waals surface area contributed by atoms with E-state index in [9.17, 15) is 0 Å². The predicted octanol–water partition coefficient (Wildman–Crippen LogP) is 5.12. The molecular weight excluding hydrogens is 276 g/mol. The smallest absolute Gasteiger partial charge is 0.161 e. The first kappa shape index (κ1) is 17.8. The van der Waals surface area contributed by atoms with E-state index in [1.165, 1.54) is 5.56 Å². The largest absolute Gasteiger partial charge is 0.493 e. The topological polar surface area (TPSA) is 18.5 Å². The highest BCUT2D eigenvalue weighted by atomic mass is 28.3. The Balaban J connectivity index is 3.02. The van der Waals surface area contributed by atoms with Crippen molar-refractivity contribution in [3.63, 3.8) is 0 Å². The number of ether oxygens (including phenoxy) is 2. The Morgan fingerprint density at radius 3 is 2.43 bits per heavy atom. The van der Waals surface area contributed by atoms with E-state index >= 15 is 0 Å². The molecule has 21 heavy (non-hydrogen) atoms. The third-order valence-corrected chi connectivity index (χ3v) is 7.24. The number of hydrogen-bond acceptors (Lipinski definition) is 2. The van der Waals surface area contributed by atoms with Crippen molar-refractivity contribution in [3.05, 3.63) is 36.4 Å². The van der Waals surface area contributed by atoms with Crippen molar-refractivity contribution in [2.24, 2.45) is 0 Å². The molecule has 0 N–H and O–H groups in total. The van der Waals surface area contributed by atoms with Gasteiger partial charge in [-0.05, 0) is 35.6 Å². The zero-order valence-corrected chi connectivity index (χ0v) is 15.3. The number of benzene rings is 1. The Hall–Kier alpha value is -1.22. The molecule has 0 amide bonds. The molecule has 1 aromatic rings. The first-order chi connectivity index (χ1) is 9.86. The molecule has 0 aliphatic rings. The van der Waals surface area contributed by atoms with Gasteiger partial charge in [0.1, 0.15) is 6.10 Å². The maximum Gasteiger partial charge on any atom is 0.161 e. The van der Waals surface area contributed by atoms with E-state index in [1.807, 2.05) is 18.2 Å². The van der Waals surface area contributed by atoms with Gasteiger partial charge in [-0.3, -0.25) is 0 Å². The first-order valence-electron chi connectivity index (χ1n) is 7.61. The molecule has 1 aromatic carbocycles. The van der Waals surface area contributed by atoms with E-state index in [2.05, 4.69) is 46.5 Å². The maximum atomic E-state index is 6.32. The molecule has 1 atom stereocenters. The second kappa shape index (κ2) is 7.69. The van der Waals surface area contributed by atoms with Gasteiger partial charge in [-0.1, -0.05) is 46.0 Å². The van der Waals surface area contributed by atoms with Crippen LogP contribution in [0.1, 0.15) is 32.8 Å². The lowest BCUT2D eigenvalue weighted by Crippen LogP contribution is -2.37. The molecule has 0 saturated heterocycles. The minimum atomic E-state index is -0.456. The van der Waals surface area contributed by atoms with E-state index < -0.39 is 8.80 Å². The highest BCUT2D eigenvalue weighted by Gasteiger charge is 2.34. The fourth-order valence-corrected chi connectivity index (χ4v) is 3.23. The Bertz CT molecular complexity index is 466. The summed E-state index contributed by atoms with van der Waals surface area (Å²) in [5.41, 5.74) is 1.19. The summed E-state index contributed by atoms with van der Waals surface area (Å²) in [4.78, 5) is 0. The molecule has 0 aliphatic carbocycles. The van der Waals surface area contributed by atoms with Gasteiger partial charge in [0.05, 0.1) is 15.9 Å². The van der Waals surface area contributed by atoms with Crippen LogP contribution in [0.4, 0.5) is 0 Å². The summed E-state index contributed by atoms with van der Waals surface area (Å²) in [6.07, 6.45) is 3.95. The summed E-state index contributed by atoms with van der Waals surface area (Å²) in [6, 6.07) is 6.15. The van der Waals surface area contributed by atoms with E-state index in [4.69, 9.17) is 9.47 Å². The lowest BCUT2D eigenvalue weighted by molar-refractivity contribution is 0.148. The van der Waals surface area contributed by atoms with Crippen LogP contribution in [-0.2, 0) is 6.42 Å². The van der Waals surface area contributed by atoms with Crippen molar-refractivity contribution in [1.29, 1.82) is 0 Å². The Morgan fingerprint density at radius 1 is 1.29 bits per heavy atom. The number of allylic oxidation sites excluding steroid dienone is 1. The summed E-state index contributed by atoms with van der Waals surface area (Å²) in [6.45, 7) is 15.3. The van der Waals surface area contributed by atoms with E-state index in [0.717, 1.165) is 24.3 Å². The quantitative estimate of drug-likeness (QED) is 0.490. The average Bonchev–Trinajstić information content (AvgIpc) is 2.45. The van der Waals surface area contributed by atoms with Crippen molar-refractivity contribution in [1.82, 2.24) is 0 Å². The van der Waals surface area contributed by atoms with Gasteiger partial charge in [0.15, 0.2) is 11.5 Å². The minimum absolute atomic E-state index is 0.209. The van der Waals surface area contributed by atoms with Crippen molar-refractivity contribution in [2.45, 2.75) is 57.8 Å². The Labute approximate surface area is 131 Å². The van der Waals surface area contributed by atoms with Gasteiger partial charge in [-0.15, -0.1) is 6.58 Å². The van der Waals surface area contributed by atoms with Crippen LogP contribution in [0.5, 0.6) is 11.5 Å². The molecule has 0 saturated carbocycles. The van der Waals surface area contributed by atoms with Crippen molar-refractivity contribution in [2.75, 3.05) is 7.11 Å². The normalized spacial score (nSPS) is 13.1. The van der Waals surface area contributed by atoms with Crippen LogP contribution in [0.25, 0.3) is 0 Å². The van der Waals surface area contributed by atoms with Crippen LogP contribution in [0, 0.1) is 0 Å². The average molecular weight is 306 g/mol. The zero-order valence-electron chi connectivity index (χ0n) is 14.3. The van der Waals surface area contributed by atoms with Crippen molar-refractivity contribution in [3.8, 4) is 11.5 Å². The van der Waals surface area contributed by atoms with E-state index in [0.29, 0.717) is 0 Å². The minimum Gasteiger partial charge on any atom is -0.493 e. The van der Waals surface area contributed by atoms with Crippen molar-refractivity contribution < 1.29 is 9.47 Å². The second-order valence-electron chi connectivity index (χ2n) is 6.21. The van der Waals surface area contributed by atoms with Crippen LogP contribution >= 0.6 is 0 Å². The van der Waals surface area contributed by atoms with Crippen LogP contribution in [-0.4, -0.2) is 22.0 Å². The van der Waals surface area contributed by atoms with Gasteiger partial charge in [-0.25, -0.2) is 0 Å². The van der Waals surface area contributed by atoms with Gasteiger partial charge >= 0.3 is 0 Å². The molecule has 0 bridgehead atoms. The molecule has 0 aromatic heterocycles. The van der Waals surface area contributed by atoms with E-state index in [1.54, 1.807) is 7.11 Å². The summed E-state index contributed by atoms with van der Waals surface area (Å²) >= 11 is 0. The molecule has 1 radical (unpaired) electrons. The van der Waals surface area contributed by atoms with Gasteiger partial charge in [0.25, 0.3) is 0 Å². The molecule has 2 nitrogen and oxygen atoms in total. The van der Waals surface area contributed by atoms with Crippen LogP contribution in [0.2, 0.25) is 18.1 Å². The van der Waals surface area contributed by atoms with Gasteiger partial charge in [0, 0.05) is 0 Å². The van der Waals surface area contributed by atoms with Gasteiger partial charge in [-0.2, -0.15) is 0 Å². The highest BCUT2D eigenvalue weighted by Crippen LogP contribution is 2.39. The lowest BCUT2D eigenvalue weighted by Gasteiger charge is -2.37. The summed E-state index contributed by atoms with van der Waals surface area (Å²) in [7, 11) is 1.24. The zero-order chi connectivity index (χ0) is 16.0. The molecule has 1 unspecified atom stereocenters. The molecule has 1 rings (SSSR count). The third-order valence-electron chi connectivity index (χ3n) is 4.34. The molecule has 117 valence electrons. The fraction of sp³-hybridized carbons (Fsp3) is 0.556. The van der Waals surface area contributed by atoms with Gasteiger partial charge < -0.3 is 9.47 Å². The lowest BCUT2D eigenvalue weighted by atomic mass is 10.0. The summed E-state index contributed by atoms with van der Waals surface area (Å²) < 4.78 is 11.8. The fourth-order valence-electron chi connectivity index (χ4n) is 2.32. The van der Waals surface area contributed by atoms with Gasteiger partial charge in [0.2, 0.25) is 0 Å². The number of rotatable bonds is 8. The second-order valence-corrected chi connectivity index (χ2v) is 9.50. The Kier molecular flexibility index (Phi) is 6.53. The third kappa shape index (κ3) is 4.37. The molecule has 0 heterocycles. The predicted molar refractivity (Wildman–Crippen MR) is 93.1 cm³/mol. The van der Waals surface area contributed by atoms with Crippen LogP contribution in [0.3, 0.4) is 0 Å². The van der Waals surface area contributed by atoms with Crippen LogP contribution < -0.4 is 9.47 Å². The molecule has 0 fully saturated rings. The highest BCUT2D eigenvalue weighted by molar-refractivity contribution is 6.59. The SMILES string of the molecule is C=CCc1ccc(OC(CC)C(C)(C)[Si](C)C)c(OC)c1. The van der Waals surface area contributed by atoms with Crippen molar-refractivity contribution >= 4 is 8.80 Å². The summed E-state index contributed by atoms with van der Waals surface area (Å²) in [5.74, 6) is 1.65. The molecule has 3 heteroatoms. The molecule has 0 aliphatic heterocycles. The van der Waals surface area contributed by atoms with E-state index in [-0.39, 0.29) is 11.1 Å². The summed E-state index contributed by atoms with van der Waals surface area (Å²) in [5, 5.41) is 0.213. The molecule has 0 spiro atoms.